The Morgan fingerprint density at radius 2 is 2.33 bits per heavy atom. The average molecular weight is 209 g/mol. The lowest BCUT2D eigenvalue weighted by Gasteiger charge is -1.92. The topological polar surface area (TPSA) is 46.0 Å². The fraction of sp³-hybridized carbons (Fsp3) is 0. The summed E-state index contributed by atoms with van der Waals surface area (Å²) >= 11 is 8.36. The summed E-state index contributed by atoms with van der Waals surface area (Å²) in [5.74, 6) is -0.111. The van der Waals surface area contributed by atoms with Crippen LogP contribution in [-0.2, 0) is 0 Å². The first-order chi connectivity index (χ1) is 4.20. The van der Waals surface area contributed by atoms with Crippen LogP contribution in [-0.4, -0.2) is 15.1 Å². The Hall–Kier alpha value is -0.350. The molecular formula is C4H2BrClN2O. The molecule has 0 aliphatic heterocycles. The van der Waals surface area contributed by atoms with Gasteiger partial charge in [-0.3, -0.25) is 0 Å². The lowest BCUT2D eigenvalue weighted by molar-refractivity contribution is 0.469. The van der Waals surface area contributed by atoms with E-state index in [1.54, 1.807) is 0 Å². The zero-order chi connectivity index (χ0) is 6.85. The number of hydrogen-bond donors (Lipinski definition) is 1. The Bertz CT molecular complexity index is 230. The van der Waals surface area contributed by atoms with Crippen LogP contribution in [0.5, 0.6) is 5.75 Å². The first kappa shape index (κ1) is 6.77. The van der Waals surface area contributed by atoms with Gasteiger partial charge in [0.15, 0.2) is 15.6 Å². The minimum absolute atomic E-state index is 0.0527. The van der Waals surface area contributed by atoms with Gasteiger partial charge >= 0.3 is 0 Å². The number of nitrogens with zero attached hydrogens (tertiary/aromatic N) is 2. The molecule has 0 saturated heterocycles. The quantitative estimate of drug-likeness (QED) is 0.521. The van der Waals surface area contributed by atoms with Gasteiger partial charge in [0.2, 0.25) is 0 Å². The summed E-state index contributed by atoms with van der Waals surface area (Å²) in [5, 5.41) is 8.82. The standard InChI is InChI=1S/C4H2BrClN2O/c5-4-7-1-2(9)3(6)8-4/h1,9H. The molecule has 0 atom stereocenters. The van der Waals surface area contributed by atoms with Gasteiger partial charge in [-0.05, 0) is 15.9 Å². The number of aromatic hydroxyl groups is 1. The van der Waals surface area contributed by atoms with Crippen molar-refractivity contribution in [1.29, 1.82) is 0 Å². The molecule has 0 saturated carbocycles. The summed E-state index contributed by atoms with van der Waals surface area (Å²) in [7, 11) is 0. The molecule has 0 aliphatic carbocycles. The molecule has 5 heteroatoms. The maximum absolute atomic E-state index is 8.77. The lowest BCUT2D eigenvalue weighted by atomic mass is 10.6. The summed E-state index contributed by atoms with van der Waals surface area (Å²) < 4.78 is 0.366. The second kappa shape index (κ2) is 2.49. The summed E-state index contributed by atoms with van der Waals surface area (Å²) in [5.41, 5.74) is 0. The Morgan fingerprint density at radius 3 is 2.78 bits per heavy atom. The van der Waals surface area contributed by atoms with Crippen molar-refractivity contribution in [3.05, 3.63) is 16.1 Å². The Morgan fingerprint density at radius 1 is 1.67 bits per heavy atom. The number of aromatic nitrogens is 2. The van der Waals surface area contributed by atoms with E-state index in [1.165, 1.54) is 6.20 Å². The first-order valence-electron chi connectivity index (χ1n) is 2.07. The molecule has 48 valence electrons. The van der Waals surface area contributed by atoms with Crippen molar-refractivity contribution in [3.8, 4) is 5.75 Å². The summed E-state index contributed by atoms with van der Waals surface area (Å²) in [6, 6.07) is 0. The van der Waals surface area contributed by atoms with E-state index in [0.717, 1.165) is 0 Å². The highest BCUT2D eigenvalue weighted by Gasteiger charge is 1.98. The van der Waals surface area contributed by atoms with Crippen LogP contribution >= 0.6 is 27.5 Å². The minimum Gasteiger partial charge on any atom is -0.504 e. The third-order valence-electron chi connectivity index (χ3n) is 0.695. The molecule has 1 aromatic heterocycles. The second-order valence-corrected chi connectivity index (χ2v) is 2.38. The van der Waals surface area contributed by atoms with E-state index < -0.39 is 0 Å². The molecule has 0 amide bonds. The number of halogens is 2. The van der Waals surface area contributed by atoms with Crippen molar-refractivity contribution in [2.45, 2.75) is 0 Å². The van der Waals surface area contributed by atoms with Crippen molar-refractivity contribution < 1.29 is 5.11 Å². The molecule has 0 spiro atoms. The third-order valence-corrected chi connectivity index (χ3v) is 1.36. The molecule has 3 nitrogen and oxygen atoms in total. The van der Waals surface area contributed by atoms with Crippen molar-refractivity contribution in [1.82, 2.24) is 9.97 Å². The van der Waals surface area contributed by atoms with Gasteiger partial charge in [0.05, 0.1) is 6.20 Å². The molecule has 1 heterocycles. The number of hydrogen-bond acceptors (Lipinski definition) is 3. The highest BCUT2D eigenvalue weighted by atomic mass is 79.9. The Balaban J connectivity index is 3.17. The molecule has 0 radical (unpaired) electrons. The normalized spacial score (nSPS) is 9.56. The van der Waals surface area contributed by atoms with E-state index in [0.29, 0.717) is 4.73 Å². The van der Waals surface area contributed by atoms with Gasteiger partial charge in [-0.1, -0.05) is 11.6 Å². The SMILES string of the molecule is Oc1cnc(Br)nc1Cl. The fourth-order valence-electron chi connectivity index (χ4n) is 0.335. The molecule has 1 N–H and O–H groups in total. The van der Waals surface area contributed by atoms with Crippen LogP contribution in [0.15, 0.2) is 10.9 Å². The van der Waals surface area contributed by atoms with Gasteiger partial charge in [-0.2, -0.15) is 0 Å². The van der Waals surface area contributed by atoms with Gasteiger partial charge in [0.1, 0.15) is 0 Å². The zero-order valence-electron chi connectivity index (χ0n) is 4.17. The summed E-state index contributed by atoms with van der Waals surface area (Å²) in [6.07, 6.45) is 1.22. The van der Waals surface area contributed by atoms with Crippen LogP contribution in [0.3, 0.4) is 0 Å². The predicted molar refractivity (Wildman–Crippen MR) is 36.4 cm³/mol. The molecule has 1 rings (SSSR count). The fourth-order valence-corrected chi connectivity index (χ4v) is 0.845. The number of rotatable bonds is 0. The first-order valence-corrected chi connectivity index (χ1v) is 3.24. The molecule has 1 aromatic rings. The highest BCUT2D eigenvalue weighted by Crippen LogP contribution is 2.19. The van der Waals surface area contributed by atoms with E-state index in [9.17, 15) is 0 Å². The molecule has 0 fully saturated rings. The minimum atomic E-state index is -0.111. The van der Waals surface area contributed by atoms with E-state index in [4.69, 9.17) is 16.7 Å². The molecule has 0 unspecified atom stereocenters. The van der Waals surface area contributed by atoms with Crippen molar-refractivity contribution in [2.75, 3.05) is 0 Å². The Labute approximate surface area is 64.8 Å². The van der Waals surface area contributed by atoms with Crippen molar-refractivity contribution in [2.24, 2.45) is 0 Å². The van der Waals surface area contributed by atoms with Crippen LogP contribution in [0, 0.1) is 0 Å². The predicted octanol–water partition coefficient (Wildman–Crippen LogP) is 1.60. The van der Waals surface area contributed by atoms with Crippen LogP contribution in [0.2, 0.25) is 5.15 Å². The Kier molecular flexibility index (Phi) is 1.87. The van der Waals surface area contributed by atoms with Gasteiger partial charge in [0, 0.05) is 0 Å². The van der Waals surface area contributed by atoms with Crippen molar-refractivity contribution in [3.63, 3.8) is 0 Å². The monoisotopic (exact) mass is 208 g/mol. The van der Waals surface area contributed by atoms with Gasteiger partial charge in [-0.25, -0.2) is 9.97 Å². The average Bonchev–Trinajstić information content (AvgIpc) is 1.80. The van der Waals surface area contributed by atoms with Gasteiger partial charge < -0.3 is 5.11 Å². The molecule has 0 aliphatic rings. The van der Waals surface area contributed by atoms with Crippen LogP contribution in [0.4, 0.5) is 0 Å². The van der Waals surface area contributed by atoms with E-state index in [1.807, 2.05) is 0 Å². The molecule has 0 aromatic carbocycles. The van der Waals surface area contributed by atoms with Crippen molar-refractivity contribution >= 4 is 27.5 Å². The highest BCUT2D eigenvalue weighted by molar-refractivity contribution is 9.10. The third kappa shape index (κ3) is 1.53. The van der Waals surface area contributed by atoms with Crippen LogP contribution in [0.1, 0.15) is 0 Å². The second-order valence-electron chi connectivity index (χ2n) is 1.32. The largest absolute Gasteiger partial charge is 0.504 e. The smallest absolute Gasteiger partial charge is 0.198 e. The maximum Gasteiger partial charge on any atom is 0.198 e. The van der Waals surface area contributed by atoms with E-state index in [-0.39, 0.29) is 10.9 Å². The molecule has 0 bridgehead atoms. The van der Waals surface area contributed by atoms with E-state index >= 15 is 0 Å². The molecular weight excluding hydrogens is 207 g/mol. The maximum atomic E-state index is 8.77. The molecule has 9 heavy (non-hydrogen) atoms. The van der Waals surface area contributed by atoms with Crippen LogP contribution < -0.4 is 0 Å². The van der Waals surface area contributed by atoms with Gasteiger partial charge in [0.25, 0.3) is 0 Å². The summed E-state index contributed by atoms with van der Waals surface area (Å²) in [6.45, 7) is 0. The van der Waals surface area contributed by atoms with E-state index in [2.05, 4.69) is 25.9 Å². The van der Waals surface area contributed by atoms with Crippen LogP contribution in [0.25, 0.3) is 0 Å². The zero-order valence-corrected chi connectivity index (χ0v) is 6.52. The lowest BCUT2D eigenvalue weighted by Crippen LogP contribution is -1.81. The summed E-state index contributed by atoms with van der Waals surface area (Å²) in [4.78, 5) is 7.20. The van der Waals surface area contributed by atoms with Gasteiger partial charge in [-0.15, -0.1) is 0 Å².